The Morgan fingerprint density at radius 1 is 1.22 bits per heavy atom. The summed E-state index contributed by atoms with van der Waals surface area (Å²) in [6.45, 7) is 0. The lowest BCUT2D eigenvalue weighted by atomic mass is 10.1. The maximum absolute atomic E-state index is 12.9. The van der Waals surface area contributed by atoms with Gasteiger partial charge in [0.15, 0.2) is 5.11 Å². The molecule has 0 radical (unpaired) electrons. The van der Waals surface area contributed by atoms with E-state index in [0.29, 0.717) is 5.69 Å². The van der Waals surface area contributed by atoms with Crippen molar-refractivity contribution in [2.24, 2.45) is 0 Å². The molecule has 2 aromatic rings. The highest BCUT2D eigenvalue weighted by Gasteiger charge is 2.34. The Morgan fingerprint density at radius 3 is 2.63 bits per heavy atom. The van der Waals surface area contributed by atoms with Gasteiger partial charge in [-0.3, -0.25) is 29.9 Å². The van der Waals surface area contributed by atoms with Gasteiger partial charge in [-0.25, -0.2) is 0 Å². The minimum atomic E-state index is -0.709. The van der Waals surface area contributed by atoms with Crippen molar-refractivity contribution in [1.82, 2.24) is 5.32 Å². The first kappa shape index (κ1) is 19.2. The summed E-state index contributed by atoms with van der Waals surface area (Å²) >= 11 is 14.5. The van der Waals surface area contributed by atoms with Crippen LogP contribution in [0.3, 0.4) is 0 Å². The van der Waals surface area contributed by atoms with E-state index in [4.69, 9.17) is 23.8 Å². The van der Waals surface area contributed by atoms with E-state index >= 15 is 0 Å². The van der Waals surface area contributed by atoms with E-state index in [9.17, 15) is 19.7 Å². The number of nitro groups is 1. The number of halogens is 2. The third-order valence-electron chi connectivity index (χ3n) is 3.66. The third-order valence-corrected chi connectivity index (χ3v) is 4.78. The van der Waals surface area contributed by atoms with Crippen LogP contribution in [-0.4, -0.2) is 21.9 Å². The molecule has 0 saturated carbocycles. The second-order valence-corrected chi connectivity index (χ2v) is 7.11. The van der Waals surface area contributed by atoms with Crippen molar-refractivity contribution in [3.05, 3.63) is 73.2 Å². The molecule has 2 amide bonds. The van der Waals surface area contributed by atoms with Gasteiger partial charge in [0.2, 0.25) is 0 Å². The zero-order chi connectivity index (χ0) is 19.7. The van der Waals surface area contributed by atoms with Crippen LogP contribution in [0.2, 0.25) is 5.02 Å². The predicted molar refractivity (Wildman–Crippen MR) is 108 cm³/mol. The zero-order valence-corrected chi connectivity index (χ0v) is 16.5. The van der Waals surface area contributed by atoms with E-state index < -0.39 is 16.7 Å². The van der Waals surface area contributed by atoms with Gasteiger partial charge in [-0.2, -0.15) is 0 Å². The molecule has 0 atom stereocenters. The maximum atomic E-state index is 12.9. The van der Waals surface area contributed by atoms with Crippen molar-refractivity contribution >= 4 is 74.1 Å². The molecule has 1 N–H and O–H groups in total. The Hall–Kier alpha value is -2.62. The number of hydrogen-bond donors (Lipinski definition) is 1. The topological polar surface area (TPSA) is 92.6 Å². The van der Waals surface area contributed by atoms with Crippen LogP contribution in [-0.2, 0) is 9.59 Å². The van der Waals surface area contributed by atoms with Crippen LogP contribution in [0, 0.1) is 10.1 Å². The minimum absolute atomic E-state index is 0.0645. The van der Waals surface area contributed by atoms with Crippen LogP contribution in [0.4, 0.5) is 11.4 Å². The number of nitro benzene ring substituents is 1. The largest absolute Gasteiger partial charge is 0.298 e. The van der Waals surface area contributed by atoms with Gasteiger partial charge in [0.1, 0.15) is 5.57 Å². The summed E-state index contributed by atoms with van der Waals surface area (Å²) in [6, 6.07) is 10.6. The lowest BCUT2D eigenvalue weighted by molar-refractivity contribution is -0.384. The summed E-state index contributed by atoms with van der Waals surface area (Å²) in [5.74, 6) is -1.37. The molecule has 1 heterocycles. The molecule has 2 aromatic carbocycles. The van der Waals surface area contributed by atoms with Gasteiger partial charge >= 0.3 is 0 Å². The molecule has 10 heteroatoms. The first-order chi connectivity index (χ1) is 12.8. The molecule has 0 unspecified atom stereocenters. The second kappa shape index (κ2) is 7.55. The Labute approximate surface area is 171 Å². The van der Waals surface area contributed by atoms with E-state index in [1.165, 1.54) is 29.2 Å². The van der Waals surface area contributed by atoms with Crippen molar-refractivity contribution in [2.75, 3.05) is 4.90 Å². The van der Waals surface area contributed by atoms with E-state index in [1.54, 1.807) is 24.3 Å². The Balaban J connectivity index is 2.07. The molecule has 27 heavy (non-hydrogen) atoms. The fourth-order valence-corrected chi connectivity index (χ4v) is 3.26. The lowest BCUT2D eigenvalue weighted by Crippen LogP contribution is -2.54. The minimum Gasteiger partial charge on any atom is -0.298 e. The van der Waals surface area contributed by atoms with Crippen LogP contribution >= 0.6 is 39.7 Å². The van der Waals surface area contributed by atoms with Gasteiger partial charge < -0.3 is 0 Å². The van der Waals surface area contributed by atoms with Crippen molar-refractivity contribution in [3.8, 4) is 0 Å². The van der Waals surface area contributed by atoms with Crippen LogP contribution in [0.1, 0.15) is 5.56 Å². The van der Waals surface area contributed by atoms with Crippen molar-refractivity contribution in [1.29, 1.82) is 0 Å². The van der Waals surface area contributed by atoms with Gasteiger partial charge in [-0.05, 0) is 42.6 Å². The molecule has 1 aliphatic heterocycles. The van der Waals surface area contributed by atoms with E-state index in [0.717, 1.165) is 4.47 Å². The SMILES string of the molecule is O=C1NC(=S)N(c2cccc(Br)c2)C(=O)/C1=C/c1cc([N+](=O)[O-])ccc1Cl. The highest BCUT2D eigenvalue weighted by Crippen LogP contribution is 2.28. The van der Waals surface area contributed by atoms with Gasteiger partial charge in [-0.1, -0.05) is 33.6 Å². The summed E-state index contributed by atoms with van der Waals surface area (Å²) in [6.07, 6.45) is 1.21. The smallest absolute Gasteiger partial charge is 0.270 e. The molecule has 3 rings (SSSR count). The number of thiocarbonyl (C=S) groups is 1. The van der Waals surface area contributed by atoms with Crippen molar-refractivity contribution < 1.29 is 14.5 Å². The first-order valence-electron chi connectivity index (χ1n) is 7.39. The quantitative estimate of drug-likeness (QED) is 0.244. The fourth-order valence-electron chi connectivity index (χ4n) is 2.42. The summed E-state index contributed by atoms with van der Waals surface area (Å²) < 4.78 is 0.722. The Bertz CT molecular complexity index is 1040. The number of benzene rings is 2. The summed E-state index contributed by atoms with van der Waals surface area (Å²) in [7, 11) is 0. The van der Waals surface area contributed by atoms with Crippen LogP contribution < -0.4 is 10.2 Å². The number of amides is 2. The first-order valence-corrected chi connectivity index (χ1v) is 8.97. The molecule has 7 nitrogen and oxygen atoms in total. The fraction of sp³-hybridized carbons (Fsp3) is 0. The summed E-state index contributed by atoms with van der Waals surface area (Å²) in [5, 5.41) is 13.5. The predicted octanol–water partition coefficient (Wildman–Crippen LogP) is 3.84. The number of non-ortho nitro benzene ring substituents is 1. The van der Waals surface area contributed by atoms with Gasteiger partial charge in [0.05, 0.1) is 10.6 Å². The Kier molecular flexibility index (Phi) is 5.36. The molecule has 0 bridgehead atoms. The molecule has 1 aliphatic rings. The number of rotatable bonds is 3. The number of nitrogens with zero attached hydrogens (tertiary/aromatic N) is 2. The van der Waals surface area contributed by atoms with Gasteiger partial charge in [0.25, 0.3) is 17.5 Å². The van der Waals surface area contributed by atoms with Crippen molar-refractivity contribution in [2.45, 2.75) is 0 Å². The number of hydrogen-bond acceptors (Lipinski definition) is 5. The summed E-state index contributed by atoms with van der Waals surface area (Å²) in [4.78, 5) is 36.7. The second-order valence-electron chi connectivity index (χ2n) is 5.40. The van der Waals surface area contributed by atoms with Crippen LogP contribution in [0.25, 0.3) is 6.08 Å². The number of carbonyl (C=O) groups is 2. The van der Waals surface area contributed by atoms with E-state index in [-0.39, 0.29) is 27.0 Å². The highest BCUT2D eigenvalue weighted by molar-refractivity contribution is 9.10. The van der Waals surface area contributed by atoms with E-state index in [1.807, 2.05) is 0 Å². The normalized spacial score (nSPS) is 15.9. The highest BCUT2D eigenvalue weighted by atomic mass is 79.9. The van der Waals surface area contributed by atoms with Crippen molar-refractivity contribution in [3.63, 3.8) is 0 Å². The molecule has 0 aromatic heterocycles. The monoisotopic (exact) mass is 465 g/mol. The number of carbonyl (C=O) groups excluding carboxylic acids is 2. The number of nitrogens with one attached hydrogen (secondary N) is 1. The Morgan fingerprint density at radius 2 is 1.96 bits per heavy atom. The standard InChI is InChI=1S/C17H9BrClN3O4S/c18-10-2-1-3-11(8-10)21-16(24)13(15(23)20-17(21)27)7-9-6-12(22(25)26)4-5-14(9)19/h1-8H,(H,20,23,27)/b13-7+. The lowest BCUT2D eigenvalue weighted by Gasteiger charge is -2.29. The van der Waals surface area contributed by atoms with E-state index in [2.05, 4.69) is 21.2 Å². The van der Waals surface area contributed by atoms with Gasteiger partial charge in [-0.15, -0.1) is 0 Å². The molecule has 1 fully saturated rings. The van der Waals surface area contributed by atoms with Crippen LogP contribution in [0.5, 0.6) is 0 Å². The van der Waals surface area contributed by atoms with Crippen LogP contribution in [0.15, 0.2) is 52.5 Å². The molecule has 0 spiro atoms. The maximum Gasteiger partial charge on any atom is 0.270 e. The summed E-state index contributed by atoms with van der Waals surface area (Å²) in [5.41, 5.74) is 0.169. The third kappa shape index (κ3) is 3.90. The molecule has 1 saturated heterocycles. The zero-order valence-electron chi connectivity index (χ0n) is 13.3. The molecular weight excluding hydrogens is 458 g/mol. The number of anilines is 1. The molecule has 136 valence electrons. The average molecular weight is 467 g/mol. The van der Waals surface area contributed by atoms with Gasteiger partial charge in [0, 0.05) is 27.2 Å². The molecule has 0 aliphatic carbocycles. The molecular formula is C17H9BrClN3O4S. The average Bonchev–Trinajstić information content (AvgIpc) is 2.59.